The number of carbonyl (C=O) groups is 2. The van der Waals surface area contributed by atoms with Gasteiger partial charge in [0.25, 0.3) is 5.91 Å². The maximum absolute atomic E-state index is 14.9. The number of primary amides is 1. The third-order valence-corrected chi connectivity index (χ3v) is 6.98. The molecule has 3 rings (SSSR count). The molecule has 0 aromatic heterocycles. The molecule has 3 N–H and O–H groups in total. The minimum Gasteiger partial charge on any atom is -0.366 e. The summed E-state index contributed by atoms with van der Waals surface area (Å²) in [6, 6.07) is 9.12. The van der Waals surface area contributed by atoms with Crippen molar-refractivity contribution >= 4 is 40.7 Å². The van der Waals surface area contributed by atoms with Crippen LogP contribution in [0.5, 0.6) is 0 Å². The fourth-order valence-electron chi connectivity index (χ4n) is 4.20. The molecule has 3 aromatic rings. The highest BCUT2D eigenvalue weighted by molar-refractivity contribution is 6.40. The van der Waals surface area contributed by atoms with Gasteiger partial charge < -0.3 is 11.1 Å². The van der Waals surface area contributed by atoms with Crippen LogP contribution in [-0.4, -0.2) is 30.1 Å². The van der Waals surface area contributed by atoms with E-state index in [4.69, 9.17) is 28.9 Å². The van der Waals surface area contributed by atoms with Crippen LogP contribution in [-0.2, 0) is 5.67 Å². The average Bonchev–Trinajstić information content (AvgIpc) is 2.92. The number of halogens is 11. The molecular weight excluding hydrogens is 654 g/mol. The Morgan fingerprint density at radius 2 is 1.34 bits per heavy atom. The Morgan fingerprint density at radius 1 is 0.818 bits per heavy atom. The molecule has 44 heavy (non-hydrogen) atoms. The molecule has 0 aliphatic heterocycles. The number of hydrogen-bond acceptors (Lipinski definition) is 4. The van der Waals surface area contributed by atoms with Crippen molar-refractivity contribution in [2.24, 2.45) is 5.73 Å². The summed E-state index contributed by atoms with van der Waals surface area (Å²) in [7, 11) is 0. The van der Waals surface area contributed by atoms with Crippen molar-refractivity contribution in [3.63, 3.8) is 0 Å². The van der Waals surface area contributed by atoms with Gasteiger partial charge in [0.1, 0.15) is 0 Å². The summed E-state index contributed by atoms with van der Waals surface area (Å²) in [6.07, 6.45) is -13.8. The lowest BCUT2D eigenvalue weighted by atomic mass is 9.87. The molecule has 0 aliphatic rings. The predicted octanol–water partition coefficient (Wildman–Crippen LogP) is 7.99. The van der Waals surface area contributed by atoms with E-state index in [1.807, 2.05) is 17.5 Å². The number of benzene rings is 3. The fourth-order valence-corrected chi connectivity index (χ4v) is 4.79. The molecule has 0 radical (unpaired) electrons. The molecule has 0 saturated carbocycles. The molecule has 0 spiro atoms. The van der Waals surface area contributed by atoms with Gasteiger partial charge in [-0.05, 0) is 55.0 Å². The summed E-state index contributed by atoms with van der Waals surface area (Å²) in [4.78, 5) is 24.9. The summed E-state index contributed by atoms with van der Waals surface area (Å²) in [6.45, 7) is 1.42. The number of nitrogens with zero attached hydrogens (tertiary/aromatic N) is 2. The summed E-state index contributed by atoms with van der Waals surface area (Å²) >= 11 is 11.6. The topological polar surface area (TPSA) is 120 Å². The van der Waals surface area contributed by atoms with E-state index in [1.165, 1.54) is 19.1 Å². The third kappa shape index (κ3) is 5.60. The standard InChI is InChI=1S/C27H13Cl2F9N4O2/c1-11-16(22(41)43)5-4-14(10-40)20(11)17-6-12(2-3-13(17)9-39)23(44)42-21-18(28)7-15(8-19(21)29)24(30,26(33,34)35)25(31,32)27(36,37)38/h2-8H,1H3,(H2,41,43)(H,42,44). The monoisotopic (exact) mass is 666 g/mol. The van der Waals surface area contributed by atoms with Crippen LogP contribution >= 0.6 is 23.2 Å². The average molecular weight is 667 g/mol. The summed E-state index contributed by atoms with van der Waals surface area (Å²) < 4.78 is 122. The number of rotatable bonds is 6. The van der Waals surface area contributed by atoms with Gasteiger partial charge in [-0.2, -0.15) is 45.6 Å². The first-order chi connectivity index (χ1) is 20.1. The molecule has 17 heteroatoms. The molecule has 6 nitrogen and oxygen atoms in total. The highest BCUT2D eigenvalue weighted by Gasteiger charge is 2.81. The normalized spacial score (nSPS) is 13.4. The molecule has 0 bridgehead atoms. The Balaban J connectivity index is 2.14. The molecule has 3 aromatic carbocycles. The first kappa shape index (κ1) is 34.0. The lowest BCUT2D eigenvalue weighted by Crippen LogP contribution is -2.59. The van der Waals surface area contributed by atoms with Crippen LogP contribution in [0.3, 0.4) is 0 Å². The zero-order chi connectivity index (χ0) is 33.6. The van der Waals surface area contributed by atoms with E-state index in [-0.39, 0.29) is 51.1 Å². The van der Waals surface area contributed by atoms with Gasteiger partial charge in [-0.25, -0.2) is 4.39 Å². The van der Waals surface area contributed by atoms with E-state index in [0.29, 0.717) is 0 Å². The number of amides is 2. The number of hydrogen-bond donors (Lipinski definition) is 2. The van der Waals surface area contributed by atoms with Crippen LogP contribution in [0, 0.1) is 29.6 Å². The number of nitrogens with two attached hydrogens (primary N) is 1. The Bertz CT molecular complexity index is 1750. The molecule has 0 saturated heterocycles. The summed E-state index contributed by atoms with van der Waals surface area (Å²) in [5, 5.41) is 19.0. The number of nitrogens with one attached hydrogen (secondary N) is 1. The molecule has 230 valence electrons. The van der Waals surface area contributed by atoms with Gasteiger partial charge in [-0.15, -0.1) is 0 Å². The molecule has 0 fully saturated rings. The molecular formula is C27H13Cl2F9N4O2. The van der Waals surface area contributed by atoms with Crippen LogP contribution in [0.25, 0.3) is 11.1 Å². The highest BCUT2D eigenvalue weighted by Crippen LogP contribution is 2.59. The number of anilines is 1. The van der Waals surface area contributed by atoms with Crippen molar-refractivity contribution in [2.45, 2.75) is 30.9 Å². The zero-order valence-electron chi connectivity index (χ0n) is 21.5. The number of alkyl halides is 9. The van der Waals surface area contributed by atoms with Crippen molar-refractivity contribution in [1.82, 2.24) is 0 Å². The smallest absolute Gasteiger partial charge is 0.366 e. The first-order valence-corrected chi connectivity index (χ1v) is 12.3. The minimum atomic E-state index is -6.99. The molecule has 0 heterocycles. The van der Waals surface area contributed by atoms with E-state index in [2.05, 4.69) is 0 Å². The predicted molar refractivity (Wildman–Crippen MR) is 139 cm³/mol. The Morgan fingerprint density at radius 3 is 1.80 bits per heavy atom. The lowest BCUT2D eigenvalue weighted by Gasteiger charge is -2.36. The second kappa shape index (κ2) is 11.6. The van der Waals surface area contributed by atoms with Crippen LogP contribution in [0.15, 0.2) is 42.5 Å². The second-order valence-electron chi connectivity index (χ2n) is 9.01. The molecule has 0 aliphatic carbocycles. The summed E-state index contributed by atoms with van der Waals surface area (Å²) in [5.74, 6) is -9.01. The fraction of sp³-hybridized carbons (Fsp3) is 0.185. The zero-order valence-corrected chi connectivity index (χ0v) is 23.0. The maximum Gasteiger partial charge on any atom is 0.457 e. The second-order valence-corrected chi connectivity index (χ2v) is 9.82. The van der Waals surface area contributed by atoms with Crippen molar-refractivity contribution in [1.29, 1.82) is 10.5 Å². The third-order valence-electron chi connectivity index (χ3n) is 6.38. The molecule has 1 unspecified atom stereocenters. The summed E-state index contributed by atoms with van der Waals surface area (Å²) in [5.41, 5.74) is -4.32. The number of nitriles is 2. The van der Waals surface area contributed by atoms with Crippen molar-refractivity contribution < 1.29 is 49.1 Å². The van der Waals surface area contributed by atoms with Gasteiger partial charge in [-0.3, -0.25) is 9.59 Å². The Kier molecular flexibility index (Phi) is 8.94. The van der Waals surface area contributed by atoms with Crippen molar-refractivity contribution in [2.75, 3.05) is 5.32 Å². The van der Waals surface area contributed by atoms with Gasteiger partial charge >= 0.3 is 23.9 Å². The van der Waals surface area contributed by atoms with E-state index in [1.54, 1.807) is 0 Å². The molecule has 1 atom stereocenters. The SMILES string of the molecule is Cc1c(C(N)=O)ccc(C#N)c1-c1cc(C(=O)Nc2c(Cl)cc(C(F)(C(F)(F)F)C(F)(F)C(F)(F)F)cc2Cl)ccc1C#N. The van der Waals surface area contributed by atoms with Crippen LogP contribution in [0.2, 0.25) is 10.0 Å². The van der Waals surface area contributed by atoms with E-state index in [0.717, 1.165) is 18.2 Å². The minimum absolute atomic E-state index is 0.0182. The maximum atomic E-state index is 14.9. The lowest BCUT2D eigenvalue weighted by molar-refractivity contribution is -0.389. The van der Waals surface area contributed by atoms with Crippen LogP contribution in [0.4, 0.5) is 45.2 Å². The number of carbonyl (C=O) groups excluding carboxylic acids is 2. The first-order valence-electron chi connectivity index (χ1n) is 11.5. The Hall–Kier alpha value is -4.47. The van der Waals surface area contributed by atoms with E-state index in [9.17, 15) is 59.6 Å². The quantitative estimate of drug-likeness (QED) is 0.259. The van der Waals surface area contributed by atoms with Gasteiger partial charge in [-0.1, -0.05) is 23.2 Å². The van der Waals surface area contributed by atoms with Crippen molar-refractivity contribution in [3.8, 4) is 23.3 Å². The molecule has 2 amide bonds. The van der Waals surface area contributed by atoms with E-state index >= 15 is 0 Å². The highest BCUT2D eigenvalue weighted by atomic mass is 35.5. The van der Waals surface area contributed by atoms with Gasteiger partial charge in [0.05, 0.1) is 39.0 Å². The van der Waals surface area contributed by atoms with E-state index < -0.39 is 57.1 Å². The van der Waals surface area contributed by atoms with Crippen LogP contribution in [0.1, 0.15) is 43.0 Å². The van der Waals surface area contributed by atoms with Gasteiger partial charge in [0, 0.05) is 27.8 Å². The van der Waals surface area contributed by atoms with Crippen molar-refractivity contribution in [3.05, 3.63) is 85.9 Å². The van der Waals surface area contributed by atoms with Gasteiger partial charge in [0.2, 0.25) is 5.91 Å². The van der Waals surface area contributed by atoms with Gasteiger partial charge in [0.15, 0.2) is 0 Å². The largest absolute Gasteiger partial charge is 0.457 e. The Labute approximate surface area is 251 Å². The van der Waals surface area contributed by atoms with Crippen LogP contribution < -0.4 is 11.1 Å².